The van der Waals surface area contributed by atoms with Crippen molar-refractivity contribution in [1.82, 2.24) is 14.9 Å². The molecule has 0 saturated heterocycles. The first-order valence-electron chi connectivity index (χ1n) is 7.63. The third-order valence-electron chi connectivity index (χ3n) is 3.69. The van der Waals surface area contributed by atoms with Crippen molar-refractivity contribution in [2.75, 3.05) is 0 Å². The number of H-pyrrole nitrogens is 1. The number of nitrogens with zero attached hydrogens (tertiary/aromatic N) is 3. The zero-order valence-electron chi connectivity index (χ0n) is 13.4. The van der Waals surface area contributed by atoms with Crippen LogP contribution in [-0.4, -0.2) is 21.1 Å². The number of aromatic amines is 1. The number of rotatable bonds is 4. The molecule has 0 spiro atoms. The molecule has 3 rings (SSSR count). The fourth-order valence-electron chi connectivity index (χ4n) is 2.31. The van der Waals surface area contributed by atoms with E-state index in [1.807, 2.05) is 12.1 Å². The number of aromatic nitrogens is 3. The maximum atomic E-state index is 14.0. The molecule has 1 aromatic heterocycles. The highest BCUT2D eigenvalue weighted by molar-refractivity contribution is 7.71. The van der Waals surface area contributed by atoms with Crippen LogP contribution in [0.25, 0.3) is 11.4 Å². The minimum absolute atomic E-state index is 0.309. The Morgan fingerprint density at radius 1 is 1.17 bits per heavy atom. The first-order valence-corrected chi connectivity index (χ1v) is 8.03. The molecule has 0 radical (unpaired) electrons. The van der Waals surface area contributed by atoms with Crippen LogP contribution in [-0.2, 0) is 0 Å². The second kappa shape index (κ2) is 6.88. The van der Waals surface area contributed by atoms with Gasteiger partial charge in [0.15, 0.2) is 5.82 Å². The molecule has 0 aliphatic rings. The zero-order chi connectivity index (χ0) is 17.1. The Balaban J connectivity index is 1.95. The maximum absolute atomic E-state index is 14.0. The van der Waals surface area contributed by atoms with Gasteiger partial charge in [-0.25, -0.2) is 9.49 Å². The molecule has 24 heavy (non-hydrogen) atoms. The highest BCUT2D eigenvalue weighted by atomic mass is 32.1. The van der Waals surface area contributed by atoms with Crippen LogP contribution in [0.3, 0.4) is 0 Å². The summed E-state index contributed by atoms with van der Waals surface area (Å²) in [6.45, 7) is 4.29. The van der Waals surface area contributed by atoms with E-state index in [4.69, 9.17) is 12.2 Å². The van der Waals surface area contributed by atoms with E-state index in [1.54, 1.807) is 24.4 Å². The van der Waals surface area contributed by atoms with Gasteiger partial charge in [-0.3, -0.25) is 0 Å². The number of halogens is 1. The third-order valence-corrected chi connectivity index (χ3v) is 3.95. The SMILES string of the molecule is CC(C)c1ccc(C=Nn2c(-c3ccccc3F)n[nH]c2=S)cc1. The minimum atomic E-state index is -0.371. The number of hydrogen-bond acceptors (Lipinski definition) is 3. The van der Waals surface area contributed by atoms with E-state index in [2.05, 4.69) is 41.3 Å². The Bertz CT molecular complexity index is 923. The van der Waals surface area contributed by atoms with E-state index in [1.165, 1.54) is 16.3 Å². The summed E-state index contributed by atoms with van der Waals surface area (Å²) in [6, 6.07) is 14.5. The molecule has 0 atom stereocenters. The highest BCUT2D eigenvalue weighted by Gasteiger charge is 2.12. The van der Waals surface area contributed by atoms with Crippen molar-refractivity contribution in [1.29, 1.82) is 0 Å². The van der Waals surface area contributed by atoms with Gasteiger partial charge < -0.3 is 0 Å². The molecule has 0 saturated carbocycles. The van der Waals surface area contributed by atoms with Crippen molar-refractivity contribution in [2.45, 2.75) is 19.8 Å². The lowest BCUT2D eigenvalue weighted by atomic mass is 10.0. The molecule has 1 N–H and O–H groups in total. The summed E-state index contributed by atoms with van der Waals surface area (Å²) in [5.74, 6) is 0.448. The summed E-state index contributed by atoms with van der Waals surface area (Å²) < 4.78 is 15.7. The van der Waals surface area contributed by atoms with Gasteiger partial charge >= 0.3 is 0 Å². The van der Waals surface area contributed by atoms with Crippen molar-refractivity contribution in [3.63, 3.8) is 0 Å². The third kappa shape index (κ3) is 3.33. The Labute approximate surface area is 144 Å². The minimum Gasteiger partial charge on any atom is -0.250 e. The van der Waals surface area contributed by atoms with E-state index >= 15 is 0 Å². The molecule has 0 aliphatic heterocycles. The maximum Gasteiger partial charge on any atom is 0.216 e. The van der Waals surface area contributed by atoms with Crippen LogP contribution < -0.4 is 0 Å². The van der Waals surface area contributed by atoms with Gasteiger partial charge in [0.05, 0.1) is 11.8 Å². The van der Waals surface area contributed by atoms with E-state index in [0.29, 0.717) is 22.1 Å². The van der Waals surface area contributed by atoms with E-state index in [9.17, 15) is 4.39 Å². The number of hydrogen-bond donors (Lipinski definition) is 1. The van der Waals surface area contributed by atoms with Gasteiger partial charge in [-0.15, -0.1) is 0 Å². The van der Waals surface area contributed by atoms with E-state index in [-0.39, 0.29) is 5.82 Å². The molecular weight excluding hydrogens is 323 g/mol. The van der Waals surface area contributed by atoms with Gasteiger partial charge in [0, 0.05) is 0 Å². The molecule has 4 nitrogen and oxygen atoms in total. The Hall–Kier alpha value is -2.60. The fourth-order valence-corrected chi connectivity index (χ4v) is 2.49. The summed E-state index contributed by atoms with van der Waals surface area (Å²) >= 11 is 5.20. The summed E-state index contributed by atoms with van der Waals surface area (Å²) in [5.41, 5.74) is 2.54. The van der Waals surface area contributed by atoms with Crippen LogP contribution in [0.2, 0.25) is 0 Å². The monoisotopic (exact) mass is 340 g/mol. The lowest BCUT2D eigenvalue weighted by Crippen LogP contribution is -1.97. The summed E-state index contributed by atoms with van der Waals surface area (Å²) in [6.07, 6.45) is 1.68. The molecule has 6 heteroatoms. The molecular formula is C18H17FN4S. The first-order chi connectivity index (χ1) is 11.6. The second-order valence-electron chi connectivity index (χ2n) is 5.71. The molecule has 2 aromatic carbocycles. The molecule has 0 aliphatic carbocycles. The van der Waals surface area contributed by atoms with Crippen molar-refractivity contribution >= 4 is 18.4 Å². The van der Waals surface area contributed by atoms with Gasteiger partial charge in [-0.05, 0) is 41.4 Å². The van der Waals surface area contributed by atoms with Crippen molar-refractivity contribution < 1.29 is 4.39 Å². The van der Waals surface area contributed by atoms with Crippen molar-refractivity contribution in [3.05, 3.63) is 70.2 Å². The average molecular weight is 340 g/mol. The van der Waals surface area contributed by atoms with Gasteiger partial charge in [0.2, 0.25) is 4.77 Å². The average Bonchev–Trinajstić information content (AvgIpc) is 2.94. The van der Waals surface area contributed by atoms with Crippen LogP contribution in [0.5, 0.6) is 0 Å². The molecule has 0 amide bonds. The van der Waals surface area contributed by atoms with Crippen molar-refractivity contribution in [2.24, 2.45) is 5.10 Å². The molecule has 0 unspecified atom stereocenters. The molecule has 0 fully saturated rings. The zero-order valence-corrected chi connectivity index (χ0v) is 14.2. The smallest absolute Gasteiger partial charge is 0.216 e. The van der Waals surface area contributed by atoms with E-state index < -0.39 is 0 Å². The Kier molecular flexibility index (Phi) is 4.66. The Morgan fingerprint density at radius 3 is 2.54 bits per heavy atom. The number of benzene rings is 2. The first kappa shape index (κ1) is 16.3. The van der Waals surface area contributed by atoms with Gasteiger partial charge in [0.25, 0.3) is 0 Å². The highest BCUT2D eigenvalue weighted by Crippen LogP contribution is 2.20. The predicted molar refractivity (Wildman–Crippen MR) is 96.3 cm³/mol. The van der Waals surface area contributed by atoms with Gasteiger partial charge in [-0.2, -0.15) is 14.9 Å². The van der Waals surface area contributed by atoms with Crippen molar-refractivity contribution in [3.8, 4) is 11.4 Å². The molecule has 122 valence electrons. The molecule has 1 heterocycles. The summed E-state index contributed by atoms with van der Waals surface area (Å²) in [7, 11) is 0. The summed E-state index contributed by atoms with van der Waals surface area (Å²) in [5, 5.41) is 11.1. The molecule has 0 bridgehead atoms. The lowest BCUT2D eigenvalue weighted by molar-refractivity contribution is 0.628. The van der Waals surface area contributed by atoms with Gasteiger partial charge in [0.1, 0.15) is 5.82 Å². The van der Waals surface area contributed by atoms with Crippen LogP contribution in [0.4, 0.5) is 4.39 Å². The number of nitrogens with one attached hydrogen (secondary N) is 1. The Morgan fingerprint density at radius 2 is 1.88 bits per heavy atom. The van der Waals surface area contributed by atoms with Crippen LogP contribution in [0.15, 0.2) is 53.6 Å². The largest absolute Gasteiger partial charge is 0.250 e. The van der Waals surface area contributed by atoms with E-state index in [0.717, 1.165) is 5.56 Å². The predicted octanol–water partition coefficient (Wildman–Crippen LogP) is 4.75. The quantitative estimate of drug-likeness (QED) is 0.550. The normalized spacial score (nSPS) is 11.5. The standard InChI is InChI=1S/C18H17FN4S/c1-12(2)14-9-7-13(8-10-14)11-20-23-17(21-22-18(23)24)15-5-3-4-6-16(15)19/h3-12H,1-2H3,(H,22,24). The van der Waals surface area contributed by atoms with Gasteiger partial charge in [-0.1, -0.05) is 50.2 Å². The van der Waals surface area contributed by atoms with Crippen LogP contribution >= 0.6 is 12.2 Å². The second-order valence-corrected chi connectivity index (χ2v) is 6.10. The topological polar surface area (TPSA) is 46.0 Å². The lowest BCUT2D eigenvalue weighted by Gasteiger charge is -2.05. The fraction of sp³-hybridized carbons (Fsp3) is 0.167. The summed E-state index contributed by atoms with van der Waals surface area (Å²) in [4.78, 5) is 0. The molecule has 3 aromatic rings. The van der Waals surface area contributed by atoms with Crippen LogP contribution in [0.1, 0.15) is 30.9 Å². The van der Waals surface area contributed by atoms with Crippen LogP contribution in [0, 0.1) is 10.6 Å².